The molecule has 0 aromatic carbocycles. The largest absolute Gasteiger partial charge is 0.454 e. The van der Waals surface area contributed by atoms with Gasteiger partial charge in [-0.3, -0.25) is 4.79 Å². The van der Waals surface area contributed by atoms with Crippen LogP contribution in [0.2, 0.25) is 58.9 Å². The fraction of sp³-hybridized carbons (Fsp3) is 0.929. The molecule has 22 heavy (non-hydrogen) atoms. The summed E-state index contributed by atoms with van der Waals surface area (Å²) in [5.41, 5.74) is 0. The Morgan fingerprint density at radius 3 is 1.77 bits per heavy atom. The van der Waals surface area contributed by atoms with Gasteiger partial charge in [-0.15, -0.1) is 0 Å². The zero-order valence-corrected chi connectivity index (χ0v) is 18.5. The summed E-state index contributed by atoms with van der Waals surface area (Å²) in [6.45, 7) is 19.3. The number of ether oxygens (including phenoxy) is 1. The molecule has 0 N–H and O–H groups in total. The lowest BCUT2D eigenvalue weighted by molar-refractivity contribution is -0.175. The molecule has 1 fully saturated rings. The van der Waals surface area contributed by atoms with Gasteiger partial charge in [0.25, 0.3) is 0 Å². The van der Waals surface area contributed by atoms with Crippen LogP contribution in [0.25, 0.3) is 0 Å². The first-order valence-electron chi connectivity index (χ1n) is 7.86. The van der Waals surface area contributed by atoms with Crippen molar-refractivity contribution in [1.82, 2.24) is 0 Å². The Kier molecular flexibility index (Phi) is 5.91. The highest BCUT2D eigenvalue weighted by Crippen LogP contribution is 2.38. The van der Waals surface area contributed by atoms with Crippen LogP contribution in [-0.2, 0) is 22.8 Å². The third-order valence-corrected chi connectivity index (χ3v) is 5.73. The van der Waals surface area contributed by atoms with Gasteiger partial charge in [0.05, 0.1) is 6.61 Å². The number of rotatable bonds is 7. The SMILES string of the molecule is C[Si](C)(C)OCC1OC(=O)CC1(O[Si](C)(C)C)O[Si](C)(C)C. The summed E-state index contributed by atoms with van der Waals surface area (Å²) >= 11 is 0. The molecule has 8 heteroatoms. The van der Waals surface area contributed by atoms with Gasteiger partial charge in [-0.2, -0.15) is 0 Å². The van der Waals surface area contributed by atoms with Crippen molar-refractivity contribution >= 4 is 30.9 Å². The minimum atomic E-state index is -1.92. The van der Waals surface area contributed by atoms with Crippen molar-refractivity contribution in [3.05, 3.63) is 0 Å². The zero-order valence-electron chi connectivity index (χ0n) is 15.5. The average molecular weight is 365 g/mol. The van der Waals surface area contributed by atoms with Crippen molar-refractivity contribution in [3.8, 4) is 0 Å². The molecule has 0 aliphatic carbocycles. The van der Waals surface area contributed by atoms with Crippen molar-refractivity contribution in [3.63, 3.8) is 0 Å². The highest BCUT2D eigenvalue weighted by molar-refractivity contribution is 6.71. The molecule has 1 unspecified atom stereocenters. The van der Waals surface area contributed by atoms with E-state index in [4.69, 9.17) is 18.0 Å². The van der Waals surface area contributed by atoms with Gasteiger partial charge in [-0.05, 0) is 58.9 Å². The molecule has 0 amide bonds. The summed E-state index contributed by atoms with van der Waals surface area (Å²) in [7, 11) is -5.55. The van der Waals surface area contributed by atoms with Crippen LogP contribution >= 0.6 is 0 Å². The van der Waals surface area contributed by atoms with Crippen LogP contribution in [0.15, 0.2) is 0 Å². The molecule has 130 valence electrons. The van der Waals surface area contributed by atoms with E-state index in [0.717, 1.165) is 0 Å². The summed E-state index contributed by atoms with van der Waals surface area (Å²) in [6, 6.07) is 0. The van der Waals surface area contributed by atoms with Gasteiger partial charge in [0, 0.05) is 0 Å². The third-order valence-electron chi connectivity index (χ3n) is 2.78. The molecule has 0 bridgehead atoms. The molecule has 5 nitrogen and oxygen atoms in total. The van der Waals surface area contributed by atoms with E-state index in [2.05, 4.69) is 58.9 Å². The van der Waals surface area contributed by atoms with Crippen LogP contribution in [0.1, 0.15) is 6.42 Å². The zero-order chi connectivity index (χ0) is 17.4. The number of esters is 1. The predicted octanol–water partition coefficient (Wildman–Crippen LogP) is 3.55. The lowest BCUT2D eigenvalue weighted by atomic mass is 10.1. The van der Waals surface area contributed by atoms with E-state index in [1.807, 2.05) is 0 Å². The lowest BCUT2D eigenvalue weighted by Gasteiger charge is -2.42. The second kappa shape index (κ2) is 6.48. The first kappa shape index (κ1) is 20.0. The van der Waals surface area contributed by atoms with Crippen molar-refractivity contribution in [2.75, 3.05) is 6.61 Å². The Labute approximate surface area is 138 Å². The third kappa shape index (κ3) is 6.63. The van der Waals surface area contributed by atoms with Gasteiger partial charge >= 0.3 is 5.97 Å². The van der Waals surface area contributed by atoms with E-state index < -0.39 is 36.8 Å². The van der Waals surface area contributed by atoms with Gasteiger partial charge in [-0.1, -0.05) is 0 Å². The number of carbonyl (C=O) groups is 1. The van der Waals surface area contributed by atoms with Gasteiger partial charge in [0.15, 0.2) is 31.1 Å². The molecule has 0 aromatic rings. The molecule has 1 aliphatic rings. The summed E-state index contributed by atoms with van der Waals surface area (Å²) in [6.07, 6.45) is -0.327. The number of carbonyl (C=O) groups excluding carboxylic acids is 1. The quantitative estimate of drug-likeness (QED) is 0.393. The molecule has 0 aromatic heterocycles. The summed E-state index contributed by atoms with van der Waals surface area (Å²) in [4.78, 5) is 12.0. The highest BCUT2D eigenvalue weighted by Gasteiger charge is 2.55. The van der Waals surface area contributed by atoms with E-state index in [0.29, 0.717) is 6.61 Å². The molecule has 0 radical (unpaired) electrons. The Balaban J connectivity index is 3.05. The molecule has 1 saturated heterocycles. The molecule has 1 rings (SSSR count). The average Bonchev–Trinajstić information content (AvgIpc) is 2.44. The van der Waals surface area contributed by atoms with E-state index in [1.54, 1.807) is 0 Å². The summed E-state index contributed by atoms with van der Waals surface area (Å²) < 4.78 is 24.2. The maximum absolute atomic E-state index is 12.0. The molecule has 0 saturated carbocycles. The highest BCUT2D eigenvalue weighted by atomic mass is 28.4. The van der Waals surface area contributed by atoms with E-state index in [-0.39, 0.29) is 12.4 Å². The normalized spacial score (nSPS) is 22.8. The molecule has 1 aliphatic heterocycles. The first-order chi connectivity index (χ1) is 9.62. The first-order valence-corrected chi connectivity index (χ1v) is 18.1. The van der Waals surface area contributed by atoms with Gasteiger partial charge in [0.1, 0.15) is 6.42 Å². The Morgan fingerprint density at radius 2 is 1.41 bits per heavy atom. The van der Waals surface area contributed by atoms with Crippen LogP contribution in [0.3, 0.4) is 0 Å². The van der Waals surface area contributed by atoms with Crippen molar-refractivity contribution in [2.45, 2.75) is 77.2 Å². The lowest BCUT2D eigenvalue weighted by Crippen LogP contribution is -2.56. The van der Waals surface area contributed by atoms with Crippen LogP contribution in [0.4, 0.5) is 0 Å². The van der Waals surface area contributed by atoms with Crippen LogP contribution in [-0.4, -0.2) is 49.4 Å². The number of cyclic esters (lactones) is 1. The number of hydrogen-bond acceptors (Lipinski definition) is 5. The molecule has 0 spiro atoms. The minimum absolute atomic E-state index is 0.154. The second-order valence-electron chi connectivity index (χ2n) is 8.82. The fourth-order valence-corrected chi connectivity index (χ4v) is 5.65. The maximum Gasteiger partial charge on any atom is 0.311 e. The Bertz CT molecular complexity index is 390. The Morgan fingerprint density at radius 1 is 0.955 bits per heavy atom. The van der Waals surface area contributed by atoms with Crippen LogP contribution in [0, 0.1) is 0 Å². The standard InChI is InChI=1S/C14H32O5Si3/c1-20(2,3)16-11-12-14(10-13(15)17-12,18-21(4,5)6)19-22(7,8)9/h12H,10-11H2,1-9H3. The van der Waals surface area contributed by atoms with Crippen LogP contribution < -0.4 is 0 Å². The Hall–Kier alpha value is 0.000649. The molecule has 1 atom stereocenters. The fourth-order valence-electron chi connectivity index (χ4n) is 2.35. The minimum Gasteiger partial charge on any atom is -0.454 e. The molecule has 1 heterocycles. The van der Waals surface area contributed by atoms with Gasteiger partial charge in [-0.25, -0.2) is 0 Å². The smallest absolute Gasteiger partial charge is 0.311 e. The van der Waals surface area contributed by atoms with Crippen LogP contribution in [0.5, 0.6) is 0 Å². The topological polar surface area (TPSA) is 54.0 Å². The summed E-state index contributed by atoms with van der Waals surface area (Å²) in [5.74, 6) is -1.24. The van der Waals surface area contributed by atoms with E-state index in [1.165, 1.54) is 0 Å². The van der Waals surface area contributed by atoms with Crippen molar-refractivity contribution < 1.29 is 22.8 Å². The van der Waals surface area contributed by atoms with E-state index in [9.17, 15) is 4.79 Å². The van der Waals surface area contributed by atoms with Gasteiger partial charge in [0.2, 0.25) is 5.79 Å². The van der Waals surface area contributed by atoms with Gasteiger partial charge < -0.3 is 18.0 Å². The maximum atomic E-state index is 12.0. The van der Waals surface area contributed by atoms with E-state index >= 15 is 0 Å². The predicted molar refractivity (Wildman–Crippen MR) is 95.4 cm³/mol. The monoisotopic (exact) mass is 364 g/mol. The number of hydrogen-bond donors (Lipinski definition) is 0. The van der Waals surface area contributed by atoms with Crippen molar-refractivity contribution in [2.24, 2.45) is 0 Å². The van der Waals surface area contributed by atoms with Crippen molar-refractivity contribution in [1.29, 1.82) is 0 Å². The second-order valence-corrected chi connectivity index (χ2v) is 22.2. The summed E-state index contributed by atoms with van der Waals surface area (Å²) in [5, 5.41) is 0. The molecular weight excluding hydrogens is 332 g/mol. The molecular formula is C14H32O5Si3.